The highest BCUT2D eigenvalue weighted by molar-refractivity contribution is 5.78. The number of hydrogen-bond donors (Lipinski definition) is 3. The topological polar surface area (TPSA) is 63.0 Å². The Morgan fingerprint density at radius 2 is 1.66 bits per heavy atom. The molecule has 0 fully saturated rings. The molecule has 0 aliphatic heterocycles. The second-order valence-corrected chi connectivity index (χ2v) is 7.03. The second-order valence-electron chi connectivity index (χ2n) is 7.03. The molecule has 4 N–H and O–H groups in total. The van der Waals surface area contributed by atoms with E-state index < -0.39 is 0 Å². The summed E-state index contributed by atoms with van der Waals surface area (Å²) >= 11 is 0. The fourth-order valence-corrected chi connectivity index (χ4v) is 3.21. The number of nitrogens with zero attached hydrogens (tertiary/aromatic N) is 1. The molecule has 0 saturated carbocycles. The van der Waals surface area contributed by atoms with Gasteiger partial charge in [0.05, 0.1) is 11.4 Å². The molecule has 0 unspecified atom stereocenters. The summed E-state index contributed by atoms with van der Waals surface area (Å²) in [6.07, 6.45) is 7.41. The third-order valence-corrected chi connectivity index (χ3v) is 4.76. The van der Waals surface area contributed by atoms with Crippen LogP contribution >= 0.6 is 0 Å². The Balaban J connectivity index is 1.84. The third-order valence-electron chi connectivity index (χ3n) is 4.76. The normalized spacial score (nSPS) is 10.3. The molecule has 0 aliphatic rings. The predicted octanol–water partition coefficient (Wildman–Crippen LogP) is 5.75. The second kappa shape index (κ2) is 11.4. The van der Waals surface area contributed by atoms with E-state index in [4.69, 9.17) is 10.7 Å². The zero-order chi connectivity index (χ0) is 22.8. The van der Waals surface area contributed by atoms with Crippen molar-refractivity contribution < 1.29 is 0 Å². The number of nitrogens with two attached hydrogens (primary N) is 1. The van der Waals surface area contributed by atoms with Crippen LogP contribution in [0.3, 0.4) is 0 Å². The van der Waals surface area contributed by atoms with Crippen LogP contribution in [0.2, 0.25) is 0 Å². The van der Waals surface area contributed by atoms with Gasteiger partial charge in [0.25, 0.3) is 0 Å². The molecule has 1 heterocycles. The van der Waals surface area contributed by atoms with Crippen LogP contribution in [-0.2, 0) is 0 Å². The van der Waals surface area contributed by atoms with Gasteiger partial charge in [-0.1, -0.05) is 49.3 Å². The molecule has 4 heteroatoms. The van der Waals surface area contributed by atoms with Crippen molar-refractivity contribution in [2.75, 3.05) is 23.7 Å². The maximum absolute atomic E-state index is 5.52. The van der Waals surface area contributed by atoms with Crippen molar-refractivity contribution in [3.63, 3.8) is 0 Å². The lowest BCUT2D eigenvalue weighted by atomic mass is 10.0. The van der Waals surface area contributed by atoms with E-state index in [0.29, 0.717) is 6.54 Å². The minimum Gasteiger partial charge on any atom is -0.384 e. The monoisotopic (exact) mass is 420 g/mol. The summed E-state index contributed by atoms with van der Waals surface area (Å²) in [5.74, 6) is 6.43. The van der Waals surface area contributed by atoms with Crippen molar-refractivity contribution >= 4 is 23.5 Å². The number of nitrogens with one attached hydrogen (secondary N) is 2. The number of aromatic nitrogens is 1. The smallest absolute Gasteiger partial charge is 0.0730 e. The summed E-state index contributed by atoms with van der Waals surface area (Å²) in [7, 11) is 0. The van der Waals surface area contributed by atoms with Gasteiger partial charge >= 0.3 is 0 Å². The van der Waals surface area contributed by atoms with Gasteiger partial charge in [-0.05, 0) is 61.7 Å². The van der Waals surface area contributed by atoms with Crippen molar-refractivity contribution in [1.82, 2.24) is 4.98 Å². The number of hydrogen-bond acceptors (Lipinski definition) is 4. The van der Waals surface area contributed by atoms with Crippen LogP contribution in [0.5, 0.6) is 0 Å². The molecule has 0 saturated heterocycles. The van der Waals surface area contributed by atoms with Gasteiger partial charge in [-0.25, -0.2) is 4.98 Å². The lowest BCUT2D eigenvalue weighted by molar-refractivity contribution is 1.02. The zero-order valence-electron chi connectivity index (χ0n) is 18.4. The Labute approximate surface area is 190 Å². The first-order valence-corrected chi connectivity index (χ1v) is 10.5. The van der Waals surface area contributed by atoms with Crippen LogP contribution in [0.25, 0.3) is 23.4 Å². The first-order chi connectivity index (χ1) is 15.7. The van der Waals surface area contributed by atoms with Crippen LogP contribution < -0.4 is 16.4 Å². The van der Waals surface area contributed by atoms with Crippen molar-refractivity contribution in [3.05, 3.63) is 102 Å². The van der Waals surface area contributed by atoms with E-state index >= 15 is 0 Å². The molecule has 0 aliphatic carbocycles. The van der Waals surface area contributed by atoms with Gasteiger partial charge in [-0.2, -0.15) is 0 Å². The zero-order valence-corrected chi connectivity index (χ0v) is 18.4. The summed E-state index contributed by atoms with van der Waals surface area (Å²) < 4.78 is 0. The maximum atomic E-state index is 5.52. The Hall–Kier alpha value is -4.07. The molecule has 2 aromatic carbocycles. The van der Waals surface area contributed by atoms with Gasteiger partial charge in [-0.3, -0.25) is 0 Å². The Morgan fingerprint density at radius 1 is 1.00 bits per heavy atom. The fourth-order valence-electron chi connectivity index (χ4n) is 3.21. The Bertz CT molecular complexity index is 1160. The molecule has 160 valence electrons. The van der Waals surface area contributed by atoms with Gasteiger partial charge in [0, 0.05) is 46.7 Å². The molecule has 3 aromatic rings. The molecule has 0 bridgehead atoms. The molecule has 0 spiro atoms. The van der Waals surface area contributed by atoms with E-state index in [0.717, 1.165) is 51.6 Å². The van der Waals surface area contributed by atoms with Crippen LogP contribution in [0, 0.1) is 11.8 Å². The van der Waals surface area contributed by atoms with Crippen molar-refractivity contribution in [3.8, 4) is 23.1 Å². The Morgan fingerprint density at radius 3 is 2.22 bits per heavy atom. The van der Waals surface area contributed by atoms with E-state index in [2.05, 4.69) is 35.6 Å². The number of pyridine rings is 1. The lowest BCUT2D eigenvalue weighted by Gasteiger charge is -2.12. The SMILES string of the molecule is C=CNc1cc(-c2ccc(C#Cc3ccc(NCCN)cc3)cc2)nc(/C=C\C)c1C=C. The highest BCUT2D eigenvalue weighted by atomic mass is 14.9. The fraction of sp³-hybridized carbons (Fsp3) is 0.107. The maximum Gasteiger partial charge on any atom is 0.0730 e. The molecule has 32 heavy (non-hydrogen) atoms. The quantitative estimate of drug-likeness (QED) is 0.406. The summed E-state index contributed by atoms with van der Waals surface area (Å²) in [5.41, 5.74) is 13.1. The highest BCUT2D eigenvalue weighted by Crippen LogP contribution is 2.28. The average Bonchev–Trinajstić information content (AvgIpc) is 2.83. The summed E-state index contributed by atoms with van der Waals surface area (Å²) in [6.45, 7) is 11.0. The number of anilines is 2. The van der Waals surface area contributed by atoms with Gasteiger partial charge in [-0.15, -0.1) is 0 Å². The van der Waals surface area contributed by atoms with Crippen molar-refractivity contribution in [2.45, 2.75) is 6.92 Å². The molecular weight excluding hydrogens is 392 g/mol. The minimum absolute atomic E-state index is 0.605. The number of benzene rings is 2. The van der Waals surface area contributed by atoms with Crippen LogP contribution in [0.1, 0.15) is 29.3 Å². The van der Waals surface area contributed by atoms with E-state index in [1.807, 2.05) is 73.7 Å². The molecular formula is C28H28N4. The largest absolute Gasteiger partial charge is 0.384 e. The molecule has 3 rings (SSSR count). The van der Waals surface area contributed by atoms with Crippen molar-refractivity contribution in [1.29, 1.82) is 0 Å². The first-order valence-electron chi connectivity index (χ1n) is 10.5. The lowest BCUT2D eigenvalue weighted by Crippen LogP contribution is -2.12. The van der Waals surface area contributed by atoms with Gasteiger partial charge < -0.3 is 16.4 Å². The molecule has 0 amide bonds. The van der Waals surface area contributed by atoms with Crippen LogP contribution in [-0.4, -0.2) is 18.1 Å². The van der Waals surface area contributed by atoms with Gasteiger partial charge in [0.2, 0.25) is 0 Å². The number of rotatable bonds is 8. The first kappa shape index (κ1) is 22.6. The van der Waals surface area contributed by atoms with E-state index in [-0.39, 0.29) is 0 Å². The van der Waals surface area contributed by atoms with Crippen LogP contribution in [0.15, 0.2) is 80.0 Å². The average molecular weight is 421 g/mol. The molecule has 0 radical (unpaired) electrons. The van der Waals surface area contributed by atoms with E-state index in [9.17, 15) is 0 Å². The molecule has 0 atom stereocenters. The highest BCUT2D eigenvalue weighted by Gasteiger charge is 2.09. The molecule has 1 aromatic heterocycles. The minimum atomic E-state index is 0.605. The summed E-state index contributed by atoms with van der Waals surface area (Å²) in [5, 5.41) is 6.44. The third kappa shape index (κ3) is 5.75. The van der Waals surface area contributed by atoms with Gasteiger partial charge in [0.15, 0.2) is 0 Å². The van der Waals surface area contributed by atoms with Crippen molar-refractivity contribution in [2.24, 2.45) is 5.73 Å². The Kier molecular flexibility index (Phi) is 8.02. The standard InChI is InChI=1S/C28H28N4/c1-4-7-26-25(5-2)28(30-6-3)20-27(32-26)23-14-10-21(11-15-23)8-9-22-12-16-24(17-13-22)31-19-18-29/h4-7,10-17,20,31H,2-3,18-19,29H2,1H3,(H,30,32)/b7-4-. The summed E-state index contributed by atoms with van der Waals surface area (Å²) in [4.78, 5) is 4.82. The van der Waals surface area contributed by atoms with E-state index in [1.54, 1.807) is 12.3 Å². The molecule has 4 nitrogen and oxygen atoms in total. The van der Waals surface area contributed by atoms with Gasteiger partial charge in [0.1, 0.15) is 0 Å². The summed E-state index contributed by atoms with van der Waals surface area (Å²) in [6, 6.07) is 18.1. The predicted molar refractivity (Wildman–Crippen MR) is 138 cm³/mol. The number of allylic oxidation sites excluding steroid dienone is 1. The van der Waals surface area contributed by atoms with Crippen LogP contribution in [0.4, 0.5) is 11.4 Å². The van der Waals surface area contributed by atoms with E-state index in [1.165, 1.54) is 0 Å².